The average Bonchev–Trinajstić information content (AvgIpc) is 2.91. The lowest BCUT2D eigenvalue weighted by Crippen LogP contribution is -2.47. The molecule has 0 N–H and O–H groups in total. The van der Waals surface area contributed by atoms with Crippen molar-refractivity contribution >= 4 is 23.6 Å². The summed E-state index contributed by atoms with van der Waals surface area (Å²) in [6, 6.07) is 8.09. The quantitative estimate of drug-likeness (QED) is 0.770. The van der Waals surface area contributed by atoms with Gasteiger partial charge in [0.1, 0.15) is 0 Å². The van der Waals surface area contributed by atoms with Crippen LogP contribution in [0, 0.1) is 5.92 Å². The highest BCUT2D eigenvalue weighted by Crippen LogP contribution is 2.29. The first-order chi connectivity index (χ1) is 12.0. The topological polar surface area (TPSA) is 43.9 Å². The highest BCUT2D eigenvalue weighted by atomic mass is 32.2. The van der Waals surface area contributed by atoms with E-state index in [0.29, 0.717) is 12.5 Å². The Morgan fingerprint density at radius 2 is 1.84 bits per heavy atom. The van der Waals surface area contributed by atoms with E-state index in [0.717, 1.165) is 38.0 Å². The van der Waals surface area contributed by atoms with Crippen LogP contribution in [-0.4, -0.2) is 79.1 Å². The van der Waals surface area contributed by atoms with E-state index < -0.39 is 0 Å². The van der Waals surface area contributed by atoms with Crippen LogP contribution in [0.4, 0.5) is 0 Å². The zero-order valence-corrected chi connectivity index (χ0v) is 16.1. The smallest absolute Gasteiger partial charge is 0.254 e. The molecule has 0 unspecified atom stereocenters. The highest BCUT2D eigenvalue weighted by molar-refractivity contribution is 7.98. The summed E-state index contributed by atoms with van der Waals surface area (Å²) in [6.07, 6.45) is 4.21. The number of piperidine rings is 1. The Kier molecular flexibility index (Phi) is 5.69. The third kappa shape index (κ3) is 4.18. The van der Waals surface area contributed by atoms with Crippen LogP contribution in [0.1, 0.15) is 23.2 Å². The Balaban J connectivity index is 1.71. The third-order valence-electron chi connectivity index (χ3n) is 5.24. The number of benzene rings is 1. The standard InChI is InChI=1S/C19H27N3O2S/c1-20(2)18(23)13-21-10-14-4-7-16(12-21)22(11-14)19(24)15-5-8-17(25-3)9-6-15/h5-6,8-9,14,16H,4,7,10-13H2,1-3H3/t14-,16+/m0/s1. The van der Waals surface area contributed by atoms with Crippen LogP contribution in [0.25, 0.3) is 0 Å². The molecular formula is C19H27N3O2S. The Labute approximate surface area is 154 Å². The number of hydrogen-bond donors (Lipinski definition) is 0. The molecule has 3 fully saturated rings. The largest absolute Gasteiger partial charge is 0.348 e. The number of carbonyl (C=O) groups excluding carboxylic acids is 2. The lowest BCUT2D eigenvalue weighted by molar-refractivity contribution is -0.129. The average molecular weight is 362 g/mol. The molecule has 3 aliphatic heterocycles. The van der Waals surface area contributed by atoms with E-state index in [1.807, 2.05) is 35.4 Å². The molecule has 3 aliphatic rings. The summed E-state index contributed by atoms with van der Waals surface area (Å²) >= 11 is 1.68. The molecule has 2 amide bonds. The van der Waals surface area contributed by atoms with E-state index in [4.69, 9.17) is 0 Å². The van der Waals surface area contributed by atoms with E-state index in [9.17, 15) is 9.59 Å². The SMILES string of the molecule is CSc1ccc(C(=O)N2C[C@H]3CC[C@@H]2CN(CC(=O)N(C)C)C3)cc1. The summed E-state index contributed by atoms with van der Waals surface area (Å²) in [5.74, 6) is 0.720. The Morgan fingerprint density at radius 1 is 1.12 bits per heavy atom. The third-order valence-corrected chi connectivity index (χ3v) is 5.99. The monoisotopic (exact) mass is 361 g/mol. The predicted octanol–water partition coefficient (Wildman–Crippen LogP) is 2.03. The molecule has 0 aliphatic carbocycles. The van der Waals surface area contributed by atoms with Crippen molar-refractivity contribution in [2.75, 3.05) is 46.5 Å². The number of hydrogen-bond acceptors (Lipinski definition) is 4. The fourth-order valence-corrected chi connectivity index (χ4v) is 4.20. The van der Waals surface area contributed by atoms with Crippen molar-refractivity contribution in [3.63, 3.8) is 0 Å². The minimum Gasteiger partial charge on any atom is -0.348 e. The Hall–Kier alpha value is -1.53. The maximum Gasteiger partial charge on any atom is 0.254 e. The number of amides is 2. The Morgan fingerprint density at radius 3 is 2.48 bits per heavy atom. The summed E-state index contributed by atoms with van der Waals surface area (Å²) in [5, 5.41) is 0. The van der Waals surface area contributed by atoms with Crippen molar-refractivity contribution in [3.05, 3.63) is 29.8 Å². The van der Waals surface area contributed by atoms with Crippen LogP contribution in [0.15, 0.2) is 29.2 Å². The first-order valence-corrected chi connectivity index (χ1v) is 10.1. The number of fused-ring (bicyclic) bond motifs is 4. The molecule has 2 atom stereocenters. The molecule has 4 rings (SSSR count). The molecular weight excluding hydrogens is 334 g/mol. The van der Waals surface area contributed by atoms with Gasteiger partial charge in [-0.1, -0.05) is 0 Å². The first kappa shape index (κ1) is 18.3. The van der Waals surface area contributed by atoms with Crippen molar-refractivity contribution in [3.8, 4) is 0 Å². The van der Waals surface area contributed by atoms with Gasteiger partial charge in [0.15, 0.2) is 0 Å². The fraction of sp³-hybridized carbons (Fsp3) is 0.579. The van der Waals surface area contributed by atoms with Crippen LogP contribution in [0.5, 0.6) is 0 Å². The molecule has 2 bridgehead atoms. The predicted molar refractivity (Wildman–Crippen MR) is 101 cm³/mol. The number of thioether (sulfide) groups is 1. The van der Waals surface area contributed by atoms with E-state index in [-0.39, 0.29) is 17.9 Å². The van der Waals surface area contributed by atoms with Gasteiger partial charge in [-0.15, -0.1) is 11.8 Å². The van der Waals surface area contributed by atoms with Gasteiger partial charge >= 0.3 is 0 Å². The molecule has 25 heavy (non-hydrogen) atoms. The summed E-state index contributed by atoms with van der Waals surface area (Å²) in [6.45, 7) is 2.96. The molecule has 0 radical (unpaired) electrons. The van der Waals surface area contributed by atoms with E-state index in [1.165, 1.54) is 4.90 Å². The van der Waals surface area contributed by atoms with Crippen LogP contribution in [0.3, 0.4) is 0 Å². The minimum absolute atomic E-state index is 0.128. The second kappa shape index (κ2) is 7.79. The minimum atomic E-state index is 0.128. The second-order valence-corrected chi connectivity index (χ2v) is 8.15. The molecule has 0 saturated carbocycles. The van der Waals surface area contributed by atoms with Gasteiger partial charge in [0.25, 0.3) is 5.91 Å². The van der Waals surface area contributed by atoms with Crippen molar-refractivity contribution in [1.29, 1.82) is 0 Å². The molecule has 6 heteroatoms. The normalized spacial score (nSPS) is 23.4. The maximum absolute atomic E-state index is 13.0. The zero-order chi connectivity index (χ0) is 18.0. The van der Waals surface area contributed by atoms with E-state index >= 15 is 0 Å². The lowest BCUT2D eigenvalue weighted by Gasteiger charge is -2.36. The van der Waals surface area contributed by atoms with Gasteiger partial charge in [-0.25, -0.2) is 0 Å². The fourth-order valence-electron chi connectivity index (χ4n) is 3.79. The summed E-state index contributed by atoms with van der Waals surface area (Å²) < 4.78 is 0. The Bertz CT molecular complexity index is 632. The first-order valence-electron chi connectivity index (χ1n) is 8.85. The molecule has 5 nitrogen and oxygen atoms in total. The molecule has 0 spiro atoms. The van der Waals surface area contributed by atoms with Gasteiger partial charge in [0.05, 0.1) is 6.54 Å². The van der Waals surface area contributed by atoms with Gasteiger partial charge in [0, 0.05) is 50.2 Å². The zero-order valence-electron chi connectivity index (χ0n) is 15.3. The number of nitrogens with zero attached hydrogens (tertiary/aromatic N) is 3. The van der Waals surface area contributed by atoms with E-state index in [2.05, 4.69) is 4.90 Å². The van der Waals surface area contributed by atoms with Gasteiger partial charge in [-0.2, -0.15) is 0 Å². The summed E-state index contributed by atoms with van der Waals surface area (Å²) in [5.41, 5.74) is 0.765. The molecule has 136 valence electrons. The molecule has 1 aromatic rings. The number of likely N-dealkylation sites (N-methyl/N-ethyl adjacent to an activating group) is 1. The molecule has 3 heterocycles. The van der Waals surface area contributed by atoms with Gasteiger partial charge in [0.2, 0.25) is 5.91 Å². The van der Waals surface area contributed by atoms with Crippen molar-refractivity contribution in [2.45, 2.75) is 23.8 Å². The van der Waals surface area contributed by atoms with Crippen molar-refractivity contribution in [2.24, 2.45) is 5.92 Å². The van der Waals surface area contributed by atoms with Crippen LogP contribution < -0.4 is 0 Å². The molecule has 0 aromatic heterocycles. The summed E-state index contributed by atoms with van der Waals surface area (Å²) in [7, 11) is 3.59. The molecule has 3 saturated heterocycles. The van der Waals surface area contributed by atoms with Crippen LogP contribution in [0.2, 0.25) is 0 Å². The van der Waals surface area contributed by atoms with E-state index in [1.54, 1.807) is 30.8 Å². The van der Waals surface area contributed by atoms with Crippen LogP contribution in [-0.2, 0) is 4.79 Å². The number of rotatable bonds is 4. The van der Waals surface area contributed by atoms with Gasteiger partial charge in [-0.3, -0.25) is 14.5 Å². The van der Waals surface area contributed by atoms with Crippen molar-refractivity contribution in [1.82, 2.24) is 14.7 Å². The van der Waals surface area contributed by atoms with Gasteiger partial charge < -0.3 is 9.80 Å². The molecule has 1 aromatic carbocycles. The number of carbonyl (C=O) groups is 2. The maximum atomic E-state index is 13.0. The lowest BCUT2D eigenvalue weighted by atomic mass is 9.94. The van der Waals surface area contributed by atoms with Gasteiger partial charge in [-0.05, 0) is 49.3 Å². The second-order valence-electron chi connectivity index (χ2n) is 7.27. The summed E-state index contributed by atoms with van der Waals surface area (Å²) in [4.78, 5) is 32.1. The van der Waals surface area contributed by atoms with Crippen LogP contribution >= 0.6 is 11.8 Å². The highest BCUT2D eigenvalue weighted by Gasteiger charge is 2.37. The van der Waals surface area contributed by atoms with Crippen molar-refractivity contribution < 1.29 is 9.59 Å².